The molecule has 124 valence electrons. The van der Waals surface area contributed by atoms with Crippen molar-refractivity contribution < 1.29 is 22.7 Å². The minimum absolute atomic E-state index is 0.313. The Kier molecular flexibility index (Phi) is 6.47. The van der Waals surface area contributed by atoms with E-state index in [1.807, 2.05) is 0 Å². The van der Waals surface area contributed by atoms with E-state index in [0.29, 0.717) is 10.9 Å². The van der Waals surface area contributed by atoms with E-state index >= 15 is 0 Å². The second-order valence-corrected chi connectivity index (χ2v) is 6.68. The summed E-state index contributed by atoms with van der Waals surface area (Å²) in [6.45, 7) is 5.08. The monoisotopic (exact) mass is 380 g/mol. The van der Waals surface area contributed by atoms with Gasteiger partial charge in [-0.2, -0.15) is 13.2 Å². The average Bonchev–Trinajstić information content (AvgIpc) is 2.36. The smallest absolute Gasteiger partial charge is 0.389 e. The maximum atomic E-state index is 12.5. The lowest BCUT2D eigenvalue weighted by Gasteiger charge is -2.24. The second kappa shape index (κ2) is 7.49. The number of alkyl halides is 4. The van der Waals surface area contributed by atoms with E-state index in [2.05, 4.69) is 15.9 Å². The predicted molar refractivity (Wildman–Crippen MR) is 82.9 cm³/mol. The Morgan fingerprint density at radius 1 is 1.18 bits per heavy atom. The highest BCUT2D eigenvalue weighted by Crippen LogP contribution is 2.31. The van der Waals surface area contributed by atoms with Crippen LogP contribution >= 0.6 is 15.9 Å². The molecule has 0 bridgehead atoms. The highest BCUT2D eigenvalue weighted by molar-refractivity contribution is 9.08. The summed E-state index contributed by atoms with van der Waals surface area (Å²) in [6, 6.07) is 6.94. The van der Waals surface area contributed by atoms with E-state index in [1.54, 1.807) is 45.0 Å². The third-order valence-corrected chi connectivity index (χ3v) is 3.59. The molecule has 0 amide bonds. The van der Waals surface area contributed by atoms with Crippen LogP contribution in [0, 0.1) is 0 Å². The summed E-state index contributed by atoms with van der Waals surface area (Å²) in [5.74, 6) is -1.53. The standard InChI is InChI=1S/C16H20BrF3O2/c1-15(2,3)22-14(21)13(8-9-16(18,19)20)12-6-4-11(10-17)5-7-12/h4-7,13H,8-10H2,1-3H3. The SMILES string of the molecule is CC(C)(C)OC(=O)C(CCC(F)(F)F)c1ccc(CBr)cc1. The van der Waals surface area contributed by atoms with Gasteiger partial charge in [-0.1, -0.05) is 40.2 Å². The molecule has 0 fully saturated rings. The summed E-state index contributed by atoms with van der Waals surface area (Å²) in [6.07, 6.45) is -5.63. The van der Waals surface area contributed by atoms with Crippen LogP contribution in [0.5, 0.6) is 0 Å². The molecule has 0 aliphatic heterocycles. The first-order valence-corrected chi connectivity index (χ1v) is 8.08. The fourth-order valence-corrected chi connectivity index (χ4v) is 2.31. The summed E-state index contributed by atoms with van der Waals surface area (Å²) < 4.78 is 42.7. The van der Waals surface area contributed by atoms with Crippen LogP contribution in [0.25, 0.3) is 0 Å². The zero-order valence-corrected chi connectivity index (χ0v) is 14.4. The maximum Gasteiger partial charge on any atom is 0.389 e. The zero-order valence-electron chi connectivity index (χ0n) is 12.8. The molecule has 0 spiro atoms. The number of halogens is 4. The molecule has 0 saturated carbocycles. The zero-order chi connectivity index (χ0) is 17.0. The van der Waals surface area contributed by atoms with Crippen LogP contribution in [-0.4, -0.2) is 17.7 Å². The largest absolute Gasteiger partial charge is 0.459 e. The Hall–Kier alpha value is -1.04. The number of esters is 1. The van der Waals surface area contributed by atoms with Gasteiger partial charge >= 0.3 is 12.1 Å². The van der Waals surface area contributed by atoms with Crippen molar-refractivity contribution in [2.75, 3.05) is 0 Å². The van der Waals surface area contributed by atoms with Crippen LogP contribution in [-0.2, 0) is 14.9 Å². The minimum atomic E-state index is -4.30. The number of hydrogen-bond donors (Lipinski definition) is 0. The number of benzene rings is 1. The highest BCUT2D eigenvalue weighted by Gasteiger charge is 2.33. The molecule has 0 aliphatic carbocycles. The average molecular weight is 381 g/mol. The van der Waals surface area contributed by atoms with E-state index in [4.69, 9.17) is 4.74 Å². The van der Waals surface area contributed by atoms with Crippen LogP contribution in [0.3, 0.4) is 0 Å². The molecule has 6 heteroatoms. The van der Waals surface area contributed by atoms with Crippen molar-refractivity contribution in [2.45, 2.75) is 56.6 Å². The molecule has 1 atom stereocenters. The molecule has 0 radical (unpaired) electrons. The Bertz CT molecular complexity index is 490. The summed E-state index contributed by atoms with van der Waals surface area (Å²) in [5.41, 5.74) is 0.800. The Labute approximate surface area is 137 Å². The number of carbonyl (C=O) groups excluding carboxylic acids is 1. The van der Waals surface area contributed by atoms with Crippen LogP contribution in [0.2, 0.25) is 0 Å². The molecular weight excluding hydrogens is 361 g/mol. The van der Waals surface area contributed by atoms with Gasteiger partial charge in [-0.15, -0.1) is 0 Å². The van der Waals surface area contributed by atoms with E-state index in [-0.39, 0.29) is 6.42 Å². The highest BCUT2D eigenvalue weighted by atomic mass is 79.9. The van der Waals surface area contributed by atoms with E-state index in [0.717, 1.165) is 5.56 Å². The van der Waals surface area contributed by atoms with Crippen LogP contribution in [0.1, 0.15) is 50.7 Å². The van der Waals surface area contributed by atoms with Gasteiger partial charge in [0.15, 0.2) is 0 Å². The molecule has 2 nitrogen and oxygen atoms in total. The van der Waals surface area contributed by atoms with Crippen molar-refractivity contribution in [1.82, 2.24) is 0 Å². The third kappa shape index (κ3) is 6.81. The van der Waals surface area contributed by atoms with Gasteiger partial charge in [0.2, 0.25) is 0 Å². The van der Waals surface area contributed by atoms with Crippen molar-refractivity contribution in [3.63, 3.8) is 0 Å². The number of rotatable bonds is 5. The number of ether oxygens (including phenoxy) is 1. The summed E-state index contributed by atoms with van der Waals surface area (Å²) in [7, 11) is 0. The van der Waals surface area contributed by atoms with Gasteiger partial charge in [-0.3, -0.25) is 4.79 Å². The fraction of sp³-hybridized carbons (Fsp3) is 0.562. The lowest BCUT2D eigenvalue weighted by molar-refractivity contribution is -0.159. The van der Waals surface area contributed by atoms with Gasteiger partial charge in [-0.05, 0) is 38.3 Å². The van der Waals surface area contributed by atoms with Crippen LogP contribution in [0.15, 0.2) is 24.3 Å². The van der Waals surface area contributed by atoms with Gasteiger partial charge in [0.1, 0.15) is 5.60 Å². The molecule has 1 aromatic rings. The minimum Gasteiger partial charge on any atom is -0.459 e. The molecule has 22 heavy (non-hydrogen) atoms. The number of carbonyl (C=O) groups is 1. The lowest BCUT2D eigenvalue weighted by Crippen LogP contribution is -2.28. The van der Waals surface area contributed by atoms with Gasteiger partial charge in [0.25, 0.3) is 0 Å². The van der Waals surface area contributed by atoms with Crippen molar-refractivity contribution in [1.29, 1.82) is 0 Å². The molecule has 0 aliphatic rings. The molecule has 1 unspecified atom stereocenters. The first kappa shape index (κ1) is 19.0. The summed E-state index contributed by atoms with van der Waals surface area (Å²) >= 11 is 3.30. The topological polar surface area (TPSA) is 26.3 Å². The molecule has 0 heterocycles. The molecular formula is C16H20BrF3O2. The van der Waals surface area contributed by atoms with Crippen molar-refractivity contribution in [2.24, 2.45) is 0 Å². The quantitative estimate of drug-likeness (QED) is 0.508. The molecule has 0 N–H and O–H groups in total. The summed E-state index contributed by atoms with van der Waals surface area (Å²) in [5, 5.41) is 0.646. The van der Waals surface area contributed by atoms with Gasteiger partial charge in [0, 0.05) is 11.8 Å². The summed E-state index contributed by atoms with van der Waals surface area (Å²) in [4.78, 5) is 12.2. The van der Waals surface area contributed by atoms with E-state index < -0.39 is 30.1 Å². The normalized spacial score (nSPS) is 13.8. The van der Waals surface area contributed by atoms with Crippen molar-refractivity contribution in [3.8, 4) is 0 Å². The van der Waals surface area contributed by atoms with Gasteiger partial charge in [-0.25, -0.2) is 0 Å². The van der Waals surface area contributed by atoms with E-state index in [1.165, 1.54) is 0 Å². The maximum absolute atomic E-state index is 12.5. The van der Waals surface area contributed by atoms with Crippen molar-refractivity contribution in [3.05, 3.63) is 35.4 Å². The predicted octanol–water partition coefficient (Wildman–Crippen LogP) is 5.35. The Morgan fingerprint density at radius 2 is 1.73 bits per heavy atom. The third-order valence-electron chi connectivity index (χ3n) is 2.94. The Morgan fingerprint density at radius 3 is 2.14 bits per heavy atom. The van der Waals surface area contributed by atoms with Gasteiger partial charge in [0.05, 0.1) is 5.92 Å². The molecule has 1 rings (SSSR count). The second-order valence-electron chi connectivity index (χ2n) is 6.12. The lowest BCUT2D eigenvalue weighted by atomic mass is 9.93. The van der Waals surface area contributed by atoms with Crippen molar-refractivity contribution >= 4 is 21.9 Å². The Balaban J connectivity index is 2.96. The van der Waals surface area contributed by atoms with E-state index in [9.17, 15) is 18.0 Å². The first-order valence-electron chi connectivity index (χ1n) is 6.96. The molecule has 0 aromatic heterocycles. The van der Waals surface area contributed by atoms with Crippen LogP contribution < -0.4 is 0 Å². The molecule has 1 aromatic carbocycles. The fourth-order valence-electron chi connectivity index (χ4n) is 1.94. The molecule has 0 saturated heterocycles. The van der Waals surface area contributed by atoms with Crippen LogP contribution in [0.4, 0.5) is 13.2 Å². The first-order chi connectivity index (χ1) is 10.0. The van der Waals surface area contributed by atoms with Gasteiger partial charge < -0.3 is 4.74 Å². The number of hydrogen-bond acceptors (Lipinski definition) is 2.